The number of methoxy groups -OCH3 is 1. The molecule has 0 atom stereocenters. The Morgan fingerprint density at radius 1 is 0.565 bits per heavy atom. The molecule has 0 radical (unpaired) electrons. The molecular formula is C17H47N5O. The van der Waals surface area contributed by atoms with E-state index in [0.29, 0.717) is 0 Å². The van der Waals surface area contributed by atoms with E-state index in [2.05, 4.69) is 40.4 Å². The van der Waals surface area contributed by atoms with E-state index < -0.39 is 0 Å². The molecule has 0 aromatic carbocycles. The maximum atomic E-state index is 4.72. The zero-order chi connectivity index (χ0) is 18.6. The predicted molar refractivity (Wildman–Crippen MR) is 107 cm³/mol. The summed E-state index contributed by atoms with van der Waals surface area (Å²) in [5.41, 5.74) is 0. The van der Waals surface area contributed by atoms with Crippen LogP contribution >= 0.6 is 0 Å². The maximum Gasteiger partial charge on any atom is 0.0587 e. The zero-order valence-corrected chi connectivity index (χ0v) is 17.3. The third-order valence-electron chi connectivity index (χ3n) is 2.46. The fourth-order valence-corrected chi connectivity index (χ4v) is 1.06. The van der Waals surface area contributed by atoms with E-state index in [1.54, 1.807) is 7.11 Å². The van der Waals surface area contributed by atoms with Crippen molar-refractivity contribution in [3.05, 3.63) is 0 Å². The Morgan fingerprint density at radius 2 is 1.00 bits per heavy atom. The number of ether oxygens (including phenoxy) is 1. The summed E-state index contributed by atoms with van der Waals surface area (Å²) in [6.07, 6.45) is 3.83. The largest absolute Gasteiger partial charge is 0.383 e. The minimum Gasteiger partial charge on any atom is -0.383 e. The summed E-state index contributed by atoms with van der Waals surface area (Å²) in [6.45, 7) is 10.5. The summed E-state index contributed by atoms with van der Waals surface area (Å²) >= 11 is 0. The molecule has 0 rings (SSSR count). The van der Waals surface area contributed by atoms with Crippen molar-refractivity contribution in [2.75, 3.05) is 81.7 Å². The highest BCUT2D eigenvalue weighted by atomic mass is 16.5. The molecule has 5 N–H and O–H groups in total. The summed E-state index contributed by atoms with van der Waals surface area (Å²) in [4.78, 5) is 0. The van der Waals surface area contributed by atoms with Gasteiger partial charge < -0.3 is 31.3 Å². The zero-order valence-electron chi connectivity index (χ0n) is 17.3. The Labute approximate surface area is 146 Å². The second kappa shape index (κ2) is 43.0. The lowest BCUT2D eigenvalue weighted by Gasteiger charge is -1.92. The molecule has 6 heteroatoms. The summed E-state index contributed by atoms with van der Waals surface area (Å²) in [7, 11) is 11.4. The van der Waals surface area contributed by atoms with Crippen molar-refractivity contribution in [3.8, 4) is 0 Å². The molecule has 0 heterocycles. The average Bonchev–Trinajstić information content (AvgIpc) is 2.58. The smallest absolute Gasteiger partial charge is 0.0587 e. The molecule has 0 bridgehead atoms. The number of nitrogens with one attached hydrogen (secondary N) is 5. The van der Waals surface area contributed by atoms with Crippen LogP contribution in [0.1, 0.15) is 33.1 Å². The van der Waals surface area contributed by atoms with Crippen LogP contribution in [0.2, 0.25) is 0 Å². The minimum atomic E-state index is 0.802. The first kappa shape index (κ1) is 30.6. The molecule has 0 spiro atoms. The fraction of sp³-hybridized carbons (Fsp3) is 1.00. The van der Waals surface area contributed by atoms with Gasteiger partial charge in [0.1, 0.15) is 0 Å². The lowest BCUT2D eigenvalue weighted by Crippen LogP contribution is -2.21. The van der Waals surface area contributed by atoms with Crippen molar-refractivity contribution < 1.29 is 4.74 Å². The van der Waals surface area contributed by atoms with Crippen LogP contribution in [0.4, 0.5) is 0 Å². The third-order valence-corrected chi connectivity index (χ3v) is 2.46. The predicted octanol–water partition coefficient (Wildman–Crippen LogP) is 0.899. The number of likely N-dealkylation sites (N-methyl/N-ethyl adjacent to an activating group) is 3. The second-order valence-corrected chi connectivity index (χ2v) is 4.86. The van der Waals surface area contributed by atoms with E-state index in [0.717, 1.165) is 39.3 Å². The van der Waals surface area contributed by atoms with Crippen molar-refractivity contribution in [2.45, 2.75) is 33.1 Å². The average molecular weight is 338 g/mol. The normalized spacial score (nSPS) is 8.87. The van der Waals surface area contributed by atoms with E-state index in [9.17, 15) is 0 Å². The highest BCUT2D eigenvalue weighted by molar-refractivity contribution is 4.38. The van der Waals surface area contributed by atoms with Crippen LogP contribution in [0.3, 0.4) is 0 Å². The van der Waals surface area contributed by atoms with Crippen LogP contribution in [0, 0.1) is 0 Å². The molecule has 6 nitrogen and oxygen atoms in total. The molecule has 0 aromatic heterocycles. The summed E-state index contributed by atoms with van der Waals surface area (Å²) in [5, 5.41) is 15.0. The molecule has 0 aromatic rings. The van der Waals surface area contributed by atoms with Gasteiger partial charge in [-0.3, -0.25) is 0 Å². The Balaban J connectivity index is -0.000000105. The maximum absolute atomic E-state index is 4.72. The van der Waals surface area contributed by atoms with Crippen molar-refractivity contribution in [1.29, 1.82) is 0 Å². The molecule has 0 saturated carbocycles. The van der Waals surface area contributed by atoms with Gasteiger partial charge in [0.25, 0.3) is 0 Å². The highest BCUT2D eigenvalue weighted by Crippen LogP contribution is 1.79. The number of hydrogen-bond acceptors (Lipinski definition) is 6. The van der Waals surface area contributed by atoms with E-state index in [1.165, 1.54) is 19.3 Å². The molecular weight excluding hydrogens is 290 g/mol. The van der Waals surface area contributed by atoms with Crippen LogP contribution < -0.4 is 26.6 Å². The van der Waals surface area contributed by atoms with Crippen LogP contribution in [0.15, 0.2) is 0 Å². The van der Waals surface area contributed by atoms with E-state index in [1.807, 2.05) is 35.2 Å². The van der Waals surface area contributed by atoms with Gasteiger partial charge in [-0.15, -0.1) is 0 Å². The molecule has 146 valence electrons. The Morgan fingerprint density at radius 3 is 1.13 bits per heavy atom. The van der Waals surface area contributed by atoms with Crippen molar-refractivity contribution in [3.63, 3.8) is 0 Å². The van der Waals surface area contributed by atoms with Gasteiger partial charge in [-0.1, -0.05) is 20.3 Å². The van der Waals surface area contributed by atoms with Gasteiger partial charge in [0.05, 0.1) is 6.61 Å². The number of hydrogen-bond donors (Lipinski definition) is 5. The van der Waals surface area contributed by atoms with Gasteiger partial charge in [0.15, 0.2) is 0 Å². The second-order valence-electron chi connectivity index (χ2n) is 4.86. The van der Waals surface area contributed by atoms with Crippen molar-refractivity contribution in [1.82, 2.24) is 26.6 Å². The van der Waals surface area contributed by atoms with Gasteiger partial charge in [-0.25, -0.2) is 0 Å². The minimum absolute atomic E-state index is 0.802. The monoisotopic (exact) mass is 337 g/mol. The standard InChI is InChI=1S/C5H13N.C4H12N2.C4H11NO.C4H11N/c1-3-4-5-6-2;2*1-5-3-4-6-2;1-3-4-5-2/h6H,3-5H2,1-2H3;5-6H,3-4H2,1-2H3;5H,3-4H2,1-2H3;5H,3-4H2,1-2H3. The van der Waals surface area contributed by atoms with Crippen molar-refractivity contribution in [2.24, 2.45) is 0 Å². The Kier molecular flexibility index (Phi) is 57.3. The summed E-state index contributed by atoms with van der Waals surface area (Å²) in [6, 6.07) is 0. The molecule has 0 fully saturated rings. The number of rotatable bonds is 11. The van der Waals surface area contributed by atoms with Crippen LogP contribution in [0.25, 0.3) is 0 Å². The highest BCUT2D eigenvalue weighted by Gasteiger charge is 1.73. The molecule has 0 aliphatic heterocycles. The molecule has 0 saturated heterocycles. The quantitative estimate of drug-likeness (QED) is 0.361. The van der Waals surface area contributed by atoms with Crippen LogP contribution in [-0.2, 0) is 4.74 Å². The van der Waals surface area contributed by atoms with Crippen LogP contribution in [0.5, 0.6) is 0 Å². The first-order valence-corrected chi connectivity index (χ1v) is 8.88. The molecule has 0 amide bonds. The molecule has 23 heavy (non-hydrogen) atoms. The Hall–Kier alpha value is -0.240. The lowest BCUT2D eigenvalue weighted by molar-refractivity contribution is 0.201. The first-order chi connectivity index (χ1) is 11.2. The topological polar surface area (TPSA) is 69.4 Å². The van der Waals surface area contributed by atoms with Crippen molar-refractivity contribution >= 4 is 0 Å². The van der Waals surface area contributed by atoms with E-state index in [4.69, 9.17) is 4.74 Å². The SMILES string of the molecule is CCCCNC.CCCNC.CNCCNC.CNCCOC. The van der Waals surface area contributed by atoms with Gasteiger partial charge >= 0.3 is 0 Å². The molecule has 0 unspecified atom stereocenters. The third kappa shape index (κ3) is 73.4. The first-order valence-electron chi connectivity index (χ1n) is 8.88. The summed E-state index contributed by atoms with van der Waals surface area (Å²) < 4.78 is 4.72. The molecule has 0 aliphatic rings. The Bertz CT molecular complexity index is 107. The van der Waals surface area contributed by atoms with Gasteiger partial charge in [-0.2, -0.15) is 0 Å². The van der Waals surface area contributed by atoms with E-state index >= 15 is 0 Å². The molecule has 0 aliphatic carbocycles. The fourth-order valence-electron chi connectivity index (χ4n) is 1.06. The van der Waals surface area contributed by atoms with Gasteiger partial charge in [-0.05, 0) is 61.2 Å². The summed E-state index contributed by atoms with van der Waals surface area (Å²) in [5.74, 6) is 0. The number of unbranched alkanes of at least 4 members (excludes halogenated alkanes) is 1. The lowest BCUT2D eigenvalue weighted by atomic mass is 10.3. The van der Waals surface area contributed by atoms with Crippen LogP contribution in [-0.4, -0.2) is 81.7 Å². The van der Waals surface area contributed by atoms with Gasteiger partial charge in [0, 0.05) is 26.7 Å². The van der Waals surface area contributed by atoms with Gasteiger partial charge in [0.2, 0.25) is 0 Å². The van der Waals surface area contributed by atoms with E-state index in [-0.39, 0.29) is 0 Å².